The normalized spacial score (nSPS) is 15.0. The zero-order valence-electron chi connectivity index (χ0n) is 10.5. The van der Waals surface area contributed by atoms with Crippen LogP contribution in [0.1, 0.15) is 44.8 Å². The Kier molecular flexibility index (Phi) is 5.42. The molecule has 0 aliphatic rings. The van der Waals surface area contributed by atoms with Gasteiger partial charge < -0.3 is 14.6 Å². The molecule has 5 nitrogen and oxygen atoms in total. The third-order valence-corrected chi connectivity index (χ3v) is 2.64. The number of nitrogens with one attached hydrogen (secondary N) is 1. The van der Waals surface area contributed by atoms with Crippen molar-refractivity contribution in [3.63, 3.8) is 0 Å². The van der Waals surface area contributed by atoms with E-state index in [-0.39, 0.29) is 5.92 Å². The van der Waals surface area contributed by atoms with E-state index in [4.69, 9.17) is 9.26 Å². The van der Waals surface area contributed by atoms with E-state index in [0.29, 0.717) is 24.4 Å². The topological polar surface area (TPSA) is 60.2 Å². The lowest BCUT2D eigenvalue weighted by Gasteiger charge is -2.19. The number of hydrogen-bond acceptors (Lipinski definition) is 5. The van der Waals surface area contributed by atoms with E-state index in [1.54, 1.807) is 7.11 Å². The molecule has 0 saturated carbocycles. The fourth-order valence-corrected chi connectivity index (χ4v) is 1.81. The van der Waals surface area contributed by atoms with Crippen LogP contribution in [0.3, 0.4) is 0 Å². The minimum atomic E-state index is 0.262. The molecule has 0 amide bonds. The van der Waals surface area contributed by atoms with Crippen molar-refractivity contribution in [1.29, 1.82) is 0 Å². The average Bonchev–Trinajstić information content (AvgIpc) is 2.68. The first-order valence-corrected chi connectivity index (χ1v) is 5.77. The number of rotatable bonds is 7. The van der Waals surface area contributed by atoms with Gasteiger partial charge in [0.1, 0.15) is 6.61 Å². The molecule has 0 aliphatic heterocycles. The zero-order chi connectivity index (χ0) is 12.0. The molecule has 5 heteroatoms. The molecule has 1 rings (SSSR count). The van der Waals surface area contributed by atoms with Crippen LogP contribution in [0.4, 0.5) is 0 Å². The standard InChI is InChI=1S/C11H21N3O2/c1-5-9(8(3)12-6-2)11-13-10(7-15-4)14-16-11/h8-9,12H,5-7H2,1-4H3. The van der Waals surface area contributed by atoms with Crippen LogP contribution in [0, 0.1) is 0 Å². The second kappa shape index (κ2) is 6.60. The SMILES string of the molecule is CCNC(C)C(CC)c1nc(COC)no1. The molecule has 0 spiro atoms. The molecule has 0 fully saturated rings. The largest absolute Gasteiger partial charge is 0.377 e. The Bertz CT molecular complexity index is 301. The summed E-state index contributed by atoms with van der Waals surface area (Å²) in [7, 11) is 1.62. The van der Waals surface area contributed by atoms with E-state index in [1.807, 2.05) is 0 Å². The number of methoxy groups -OCH3 is 1. The van der Waals surface area contributed by atoms with Gasteiger partial charge in [-0.15, -0.1) is 0 Å². The van der Waals surface area contributed by atoms with Gasteiger partial charge in [-0.2, -0.15) is 4.98 Å². The summed E-state index contributed by atoms with van der Waals surface area (Å²) in [6, 6.07) is 0.339. The van der Waals surface area contributed by atoms with E-state index in [2.05, 4.69) is 36.2 Å². The van der Waals surface area contributed by atoms with Crippen molar-refractivity contribution in [2.45, 2.75) is 45.8 Å². The van der Waals surface area contributed by atoms with Crippen molar-refractivity contribution >= 4 is 0 Å². The highest BCUT2D eigenvalue weighted by Crippen LogP contribution is 2.21. The van der Waals surface area contributed by atoms with Crippen LogP contribution in [0.25, 0.3) is 0 Å². The molecule has 2 unspecified atom stereocenters. The van der Waals surface area contributed by atoms with Gasteiger partial charge in [-0.05, 0) is 19.9 Å². The second-order valence-corrected chi connectivity index (χ2v) is 3.84. The molecule has 0 aromatic carbocycles. The summed E-state index contributed by atoms with van der Waals surface area (Å²) in [5.41, 5.74) is 0. The highest BCUT2D eigenvalue weighted by Gasteiger charge is 2.22. The molecule has 1 aromatic rings. The van der Waals surface area contributed by atoms with E-state index < -0.39 is 0 Å². The summed E-state index contributed by atoms with van der Waals surface area (Å²) in [6.07, 6.45) is 0.975. The number of hydrogen-bond donors (Lipinski definition) is 1. The van der Waals surface area contributed by atoms with Gasteiger partial charge in [-0.25, -0.2) is 0 Å². The van der Waals surface area contributed by atoms with Crippen LogP contribution in [-0.4, -0.2) is 29.8 Å². The quantitative estimate of drug-likeness (QED) is 0.768. The Morgan fingerprint density at radius 2 is 2.19 bits per heavy atom. The maximum atomic E-state index is 5.26. The molecule has 1 heterocycles. The van der Waals surface area contributed by atoms with Crippen LogP contribution < -0.4 is 5.32 Å². The predicted octanol–water partition coefficient (Wildman–Crippen LogP) is 1.71. The van der Waals surface area contributed by atoms with Gasteiger partial charge in [0.25, 0.3) is 0 Å². The molecule has 0 aliphatic carbocycles. The van der Waals surface area contributed by atoms with Crippen molar-refractivity contribution in [1.82, 2.24) is 15.5 Å². The van der Waals surface area contributed by atoms with Gasteiger partial charge in [0, 0.05) is 13.2 Å². The number of ether oxygens (including phenoxy) is 1. The Morgan fingerprint density at radius 3 is 2.75 bits per heavy atom. The highest BCUT2D eigenvalue weighted by atomic mass is 16.5. The molecule has 0 bridgehead atoms. The molecular formula is C11H21N3O2. The predicted molar refractivity (Wildman–Crippen MR) is 61.2 cm³/mol. The minimum Gasteiger partial charge on any atom is -0.377 e. The third kappa shape index (κ3) is 3.28. The Balaban J connectivity index is 2.70. The van der Waals surface area contributed by atoms with Crippen molar-refractivity contribution < 1.29 is 9.26 Å². The summed E-state index contributed by atoms with van der Waals surface area (Å²) in [6.45, 7) is 7.69. The van der Waals surface area contributed by atoms with E-state index in [1.165, 1.54) is 0 Å². The van der Waals surface area contributed by atoms with Gasteiger partial charge in [0.2, 0.25) is 5.89 Å². The van der Waals surface area contributed by atoms with Crippen molar-refractivity contribution in [3.8, 4) is 0 Å². The molecule has 1 aromatic heterocycles. The molecule has 0 saturated heterocycles. The van der Waals surface area contributed by atoms with Crippen LogP contribution in [0.15, 0.2) is 4.52 Å². The summed E-state index contributed by atoms with van der Waals surface area (Å²) < 4.78 is 10.2. The van der Waals surface area contributed by atoms with Crippen molar-refractivity contribution in [2.24, 2.45) is 0 Å². The molecule has 0 radical (unpaired) electrons. The first kappa shape index (κ1) is 13.1. The number of aromatic nitrogens is 2. The van der Waals surface area contributed by atoms with Gasteiger partial charge in [0.15, 0.2) is 5.82 Å². The first-order chi connectivity index (χ1) is 7.72. The summed E-state index contributed by atoms with van der Waals surface area (Å²) >= 11 is 0. The Hall–Kier alpha value is -0.940. The summed E-state index contributed by atoms with van der Waals surface area (Å²) in [5.74, 6) is 1.57. The third-order valence-electron chi connectivity index (χ3n) is 2.64. The van der Waals surface area contributed by atoms with Crippen molar-refractivity contribution in [2.75, 3.05) is 13.7 Å². The lowest BCUT2D eigenvalue weighted by Crippen LogP contribution is -2.31. The van der Waals surface area contributed by atoms with Crippen LogP contribution in [0.5, 0.6) is 0 Å². The molecule has 2 atom stereocenters. The first-order valence-electron chi connectivity index (χ1n) is 5.77. The maximum Gasteiger partial charge on any atom is 0.231 e. The fourth-order valence-electron chi connectivity index (χ4n) is 1.81. The lowest BCUT2D eigenvalue weighted by molar-refractivity contribution is 0.174. The van der Waals surface area contributed by atoms with E-state index >= 15 is 0 Å². The van der Waals surface area contributed by atoms with Gasteiger partial charge in [0.05, 0.1) is 5.92 Å². The van der Waals surface area contributed by atoms with Crippen LogP contribution in [-0.2, 0) is 11.3 Å². The van der Waals surface area contributed by atoms with Gasteiger partial charge in [-0.1, -0.05) is 19.0 Å². The van der Waals surface area contributed by atoms with E-state index in [9.17, 15) is 0 Å². The molecule has 16 heavy (non-hydrogen) atoms. The van der Waals surface area contributed by atoms with Crippen LogP contribution in [0.2, 0.25) is 0 Å². The van der Waals surface area contributed by atoms with Crippen LogP contribution >= 0.6 is 0 Å². The van der Waals surface area contributed by atoms with E-state index in [0.717, 1.165) is 13.0 Å². The zero-order valence-corrected chi connectivity index (χ0v) is 10.5. The van der Waals surface area contributed by atoms with Gasteiger partial charge in [-0.3, -0.25) is 0 Å². The summed E-state index contributed by atoms with van der Waals surface area (Å²) in [4.78, 5) is 4.33. The molecule has 1 N–H and O–H groups in total. The Labute approximate surface area is 96.6 Å². The van der Waals surface area contributed by atoms with Crippen molar-refractivity contribution in [3.05, 3.63) is 11.7 Å². The molecular weight excluding hydrogens is 206 g/mol. The Morgan fingerprint density at radius 1 is 1.44 bits per heavy atom. The smallest absolute Gasteiger partial charge is 0.231 e. The average molecular weight is 227 g/mol. The highest BCUT2D eigenvalue weighted by molar-refractivity contribution is 4.97. The fraction of sp³-hybridized carbons (Fsp3) is 0.818. The maximum absolute atomic E-state index is 5.26. The lowest BCUT2D eigenvalue weighted by atomic mass is 9.98. The monoisotopic (exact) mass is 227 g/mol. The second-order valence-electron chi connectivity index (χ2n) is 3.84. The number of nitrogens with zero attached hydrogens (tertiary/aromatic N) is 2. The number of likely N-dealkylation sites (N-methyl/N-ethyl adjacent to an activating group) is 1. The van der Waals surface area contributed by atoms with Gasteiger partial charge >= 0.3 is 0 Å². The molecule has 92 valence electrons. The summed E-state index contributed by atoms with van der Waals surface area (Å²) in [5, 5.41) is 7.26. The minimum absolute atomic E-state index is 0.262.